The summed E-state index contributed by atoms with van der Waals surface area (Å²) in [6.07, 6.45) is 8.12. The van der Waals surface area contributed by atoms with Gasteiger partial charge in [-0.2, -0.15) is 0 Å². The van der Waals surface area contributed by atoms with E-state index in [1.807, 2.05) is 0 Å². The van der Waals surface area contributed by atoms with E-state index >= 15 is 0 Å². The van der Waals surface area contributed by atoms with Gasteiger partial charge in [0.15, 0.2) is 0 Å². The zero-order valence-electron chi connectivity index (χ0n) is 14.7. The van der Waals surface area contributed by atoms with Crippen LogP contribution < -0.4 is 0 Å². The smallest absolute Gasteiger partial charge is 0.0952 e. The molecular formula is C18H34N2. The van der Waals surface area contributed by atoms with Gasteiger partial charge in [-0.15, -0.1) is 0 Å². The number of rotatable bonds is 8. The summed E-state index contributed by atoms with van der Waals surface area (Å²) in [5, 5.41) is 0. The van der Waals surface area contributed by atoms with E-state index in [-0.39, 0.29) is 10.8 Å². The molecule has 0 saturated heterocycles. The normalized spacial score (nSPS) is 12.9. The Morgan fingerprint density at radius 2 is 1.65 bits per heavy atom. The van der Waals surface area contributed by atoms with Crippen molar-refractivity contribution in [1.82, 2.24) is 9.55 Å². The van der Waals surface area contributed by atoms with Crippen molar-refractivity contribution in [1.29, 1.82) is 0 Å². The number of hydrogen-bond donors (Lipinski definition) is 0. The van der Waals surface area contributed by atoms with Gasteiger partial charge in [0.1, 0.15) is 0 Å². The van der Waals surface area contributed by atoms with Crippen molar-refractivity contribution in [2.75, 3.05) is 0 Å². The van der Waals surface area contributed by atoms with Crippen molar-refractivity contribution in [2.24, 2.45) is 0 Å². The molecule has 0 unspecified atom stereocenters. The molecule has 0 atom stereocenters. The maximum absolute atomic E-state index is 4.82. The van der Waals surface area contributed by atoms with Crippen LogP contribution in [0.4, 0.5) is 0 Å². The van der Waals surface area contributed by atoms with E-state index in [4.69, 9.17) is 4.98 Å². The van der Waals surface area contributed by atoms with Crippen molar-refractivity contribution in [3.05, 3.63) is 17.7 Å². The lowest BCUT2D eigenvalue weighted by atomic mass is 9.76. The Bertz CT molecular complexity index is 413. The summed E-state index contributed by atoms with van der Waals surface area (Å²) in [6, 6.07) is 0. The lowest BCUT2D eigenvalue weighted by molar-refractivity contribution is 0.404. The summed E-state index contributed by atoms with van der Waals surface area (Å²) in [5.74, 6) is 0. The largest absolute Gasteiger partial charge is 0.334 e. The van der Waals surface area contributed by atoms with Crippen LogP contribution in [0.5, 0.6) is 0 Å². The zero-order valence-corrected chi connectivity index (χ0v) is 14.7. The van der Waals surface area contributed by atoms with Gasteiger partial charge in [-0.25, -0.2) is 4.98 Å². The van der Waals surface area contributed by atoms with Gasteiger partial charge in [-0.1, -0.05) is 61.3 Å². The van der Waals surface area contributed by atoms with Gasteiger partial charge in [0, 0.05) is 23.1 Å². The molecule has 0 N–H and O–H groups in total. The van der Waals surface area contributed by atoms with Crippen molar-refractivity contribution in [2.45, 2.75) is 97.9 Å². The van der Waals surface area contributed by atoms with Crippen LogP contribution in [0.25, 0.3) is 0 Å². The summed E-state index contributed by atoms with van der Waals surface area (Å²) in [5.41, 5.74) is 3.16. The highest BCUT2D eigenvalue weighted by Crippen LogP contribution is 2.37. The molecule has 2 heteroatoms. The summed E-state index contributed by atoms with van der Waals surface area (Å²) in [6.45, 7) is 17.3. The van der Waals surface area contributed by atoms with E-state index in [1.165, 1.54) is 37.1 Å². The molecule has 0 bridgehead atoms. The summed E-state index contributed by atoms with van der Waals surface area (Å²) in [4.78, 5) is 4.82. The Kier molecular flexibility index (Phi) is 5.85. The molecule has 20 heavy (non-hydrogen) atoms. The number of hydrogen-bond acceptors (Lipinski definition) is 1. The number of unbranched alkanes of at least 4 members (excludes halogenated alkanes) is 1. The molecule has 0 saturated carbocycles. The minimum Gasteiger partial charge on any atom is -0.334 e. The molecule has 1 aromatic rings. The minimum absolute atomic E-state index is 0.164. The molecule has 1 aromatic heterocycles. The first-order chi connectivity index (χ1) is 9.30. The van der Waals surface area contributed by atoms with Gasteiger partial charge in [0.2, 0.25) is 0 Å². The average Bonchev–Trinajstić information content (AvgIpc) is 2.81. The molecule has 0 fully saturated rings. The third kappa shape index (κ3) is 3.65. The van der Waals surface area contributed by atoms with Crippen LogP contribution in [-0.2, 0) is 17.4 Å². The SMILES string of the molecule is CCCCn1cnc(C(C)(C)CC)c1C(C)(C)CCC. The predicted octanol–water partition coefficient (Wildman–Crippen LogP) is 5.45. The molecule has 0 aliphatic carbocycles. The molecule has 0 aliphatic heterocycles. The molecule has 2 nitrogen and oxygen atoms in total. The Labute approximate surface area is 126 Å². The summed E-state index contributed by atoms with van der Waals surface area (Å²) < 4.78 is 2.42. The van der Waals surface area contributed by atoms with Crippen LogP contribution in [0.1, 0.15) is 92.0 Å². The van der Waals surface area contributed by atoms with Gasteiger partial charge in [0.25, 0.3) is 0 Å². The zero-order chi connectivity index (χ0) is 15.4. The molecule has 0 aromatic carbocycles. The molecule has 1 rings (SSSR count). The highest BCUT2D eigenvalue weighted by Gasteiger charge is 2.33. The van der Waals surface area contributed by atoms with Gasteiger partial charge in [0.05, 0.1) is 12.0 Å². The van der Waals surface area contributed by atoms with Gasteiger partial charge in [-0.3, -0.25) is 0 Å². The minimum atomic E-state index is 0.164. The molecule has 1 heterocycles. The topological polar surface area (TPSA) is 17.8 Å². The Hall–Kier alpha value is -0.790. The van der Waals surface area contributed by atoms with E-state index in [0.29, 0.717) is 0 Å². The fourth-order valence-corrected chi connectivity index (χ4v) is 3.00. The van der Waals surface area contributed by atoms with E-state index < -0.39 is 0 Å². The quantitative estimate of drug-likeness (QED) is 0.618. The molecule has 0 radical (unpaired) electrons. The molecule has 0 aliphatic rings. The molecule has 116 valence electrons. The fourth-order valence-electron chi connectivity index (χ4n) is 3.00. The molecule has 0 amide bonds. The summed E-state index contributed by atoms with van der Waals surface area (Å²) in [7, 11) is 0. The summed E-state index contributed by atoms with van der Waals surface area (Å²) >= 11 is 0. The van der Waals surface area contributed by atoms with Crippen LogP contribution in [0.3, 0.4) is 0 Å². The Balaban J connectivity index is 3.29. The number of nitrogens with zero attached hydrogens (tertiary/aromatic N) is 2. The standard InChI is InChI=1S/C18H34N2/c1-8-11-13-20-14-19-15(17(4,5)10-3)16(20)18(6,7)12-9-2/h14H,8-13H2,1-7H3. The molecule has 0 spiro atoms. The van der Waals surface area contributed by atoms with E-state index in [2.05, 4.69) is 59.4 Å². The van der Waals surface area contributed by atoms with Gasteiger partial charge in [-0.05, 0) is 19.3 Å². The first-order valence-corrected chi connectivity index (χ1v) is 8.36. The Morgan fingerprint density at radius 1 is 1.00 bits per heavy atom. The predicted molar refractivity (Wildman–Crippen MR) is 88.4 cm³/mol. The van der Waals surface area contributed by atoms with Crippen LogP contribution in [-0.4, -0.2) is 9.55 Å². The molecular weight excluding hydrogens is 244 g/mol. The highest BCUT2D eigenvalue weighted by atomic mass is 15.1. The third-order valence-electron chi connectivity index (χ3n) is 4.63. The van der Waals surface area contributed by atoms with Gasteiger partial charge >= 0.3 is 0 Å². The maximum Gasteiger partial charge on any atom is 0.0952 e. The lowest BCUT2D eigenvalue weighted by Gasteiger charge is -2.32. The van der Waals surface area contributed by atoms with Crippen molar-refractivity contribution < 1.29 is 0 Å². The number of aromatic nitrogens is 2. The second kappa shape index (κ2) is 6.78. The monoisotopic (exact) mass is 278 g/mol. The number of imidazole rings is 1. The van der Waals surface area contributed by atoms with Crippen molar-refractivity contribution in [3.8, 4) is 0 Å². The van der Waals surface area contributed by atoms with Crippen molar-refractivity contribution in [3.63, 3.8) is 0 Å². The second-order valence-corrected chi connectivity index (χ2v) is 7.36. The number of aryl methyl sites for hydroxylation is 1. The van der Waals surface area contributed by atoms with E-state index in [1.54, 1.807) is 0 Å². The van der Waals surface area contributed by atoms with Crippen LogP contribution >= 0.6 is 0 Å². The Morgan fingerprint density at radius 3 is 2.15 bits per heavy atom. The third-order valence-corrected chi connectivity index (χ3v) is 4.63. The average molecular weight is 278 g/mol. The first kappa shape index (κ1) is 17.3. The van der Waals surface area contributed by atoms with Crippen LogP contribution in [0.2, 0.25) is 0 Å². The van der Waals surface area contributed by atoms with Gasteiger partial charge < -0.3 is 4.57 Å². The van der Waals surface area contributed by atoms with E-state index in [9.17, 15) is 0 Å². The maximum atomic E-state index is 4.82. The first-order valence-electron chi connectivity index (χ1n) is 8.36. The second-order valence-electron chi connectivity index (χ2n) is 7.36. The lowest BCUT2D eigenvalue weighted by Crippen LogP contribution is -2.28. The highest BCUT2D eigenvalue weighted by molar-refractivity contribution is 5.28. The fraction of sp³-hybridized carbons (Fsp3) is 0.833. The van der Waals surface area contributed by atoms with Crippen LogP contribution in [0.15, 0.2) is 6.33 Å². The van der Waals surface area contributed by atoms with Crippen LogP contribution in [0, 0.1) is 0 Å². The van der Waals surface area contributed by atoms with Crippen molar-refractivity contribution >= 4 is 0 Å². The van der Waals surface area contributed by atoms with E-state index in [0.717, 1.165) is 13.0 Å².